The van der Waals surface area contributed by atoms with Crippen LogP contribution >= 0.6 is 0 Å². The molecule has 0 aliphatic heterocycles. The van der Waals surface area contributed by atoms with Gasteiger partial charge in [0.2, 0.25) is 0 Å². The number of nitrogens with one attached hydrogen (secondary N) is 1. The minimum Gasteiger partial charge on any atom is -0.507 e. The van der Waals surface area contributed by atoms with Crippen LogP contribution in [0.3, 0.4) is 0 Å². The van der Waals surface area contributed by atoms with Crippen molar-refractivity contribution in [2.75, 3.05) is 0 Å². The van der Waals surface area contributed by atoms with Crippen molar-refractivity contribution in [1.29, 1.82) is 0 Å². The zero-order chi connectivity index (χ0) is 19.6. The lowest BCUT2D eigenvalue weighted by atomic mass is 10.0. The van der Waals surface area contributed by atoms with Gasteiger partial charge in [-0.2, -0.15) is 0 Å². The predicted molar refractivity (Wildman–Crippen MR) is 114 cm³/mol. The van der Waals surface area contributed by atoms with Gasteiger partial charge in [0.15, 0.2) is 0 Å². The van der Waals surface area contributed by atoms with Crippen LogP contribution in [0.4, 0.5) is 0 Å². The van der Waals surface area contributed by atoms with E-state index in [4.69, 9.17) is 11.4 Å². The highest BCUT2D eigenvalue weighted by Gasteiger charge is 2.16. The average molecular weight is 356 g/mol. The molecular weight excluding hydrogens is 332 g/mol. The van der Waals surface area contributed by atoms with Gasteiger partial charge in [0.1, 0.15) is 11.6 Å². The van der Waals surface area contributed by atoms with Gasteiger partial charge in [-0.25, -0.2) is 4.98 Å². The van der Waals surface area contributed by atoms with Gasteiger partial charge in [-0.15, -0.1) is 6.42 Å². The van der Waals surface area contributed by atoms with Crippen molar-refractivity contribution in [3.8, 4) is 40.7 Å². The van der Waals surface area contributed by atoms with Gasteiger partial charge in [-0.05, 0) is 36.8 Å². The molecule has 3 heteroatoms. The zero-order valence-electron chi connectivity index (χ0n) is 15.9. The molecule has 3 rings (SSSR count). The first kappa shape index (κ1) is 19.8. The number of nitrogens with zero attached hydrogens (tertiary/aromatic N) is 1. The molecule has 1 heterocycles. The number of rotatable bonds is 4. The number of phenols is 1. The van der Waals surface area contributed by atoms with E-state index >= 15 is 0 Å². The fourth-order valence-corrected chi connectivity index (χ4v) is 2.65. The van der Waals surface area contributed by atoms with Gasteiger partial charge < -0.3 is 10.1 Å². The SMILES string of the molecule is C#C/C=C\C(=C/C)c1[nH]c(-c2ccccc2O)nc1-c1ccccc1.CC. The fourth-order valence-electron chi connectivity index (χ4n) is 2.65. The third kappa shape index (κ3) is 4.56. The minimum atomic E-state index is 0.184. The molecule has 0 aliphatic carbocycles. The maximum Gasteiger partial charge on any atom is 0.142 e. The van der Waals surface area contributed by atoms with Gasteiger partial charge >= 0.3 is 0 Å². The number of aromatic nitrogens is 2. The van der Waals surface area contributed by atoms with E-state index in [0.717, 1.165) is 22.5 Å². The Hall–Kier alpha value is -3.51. The van der Waals surface area contributed by atoms with Crippen LogP contribution in [0.25, 0.3) is 28.2 Å². The second-order valence-corrected chi connectivity index (χ2v) is 5.44. The van der Waals surface area contributed by atoms with Crippen LogP contribution in [0.5, 0.6) is 5.75 Å². The molecule has 0 amide bonds. The summed E-state index contributed by atoms with van der Waals surface area (Å²) in [7, 11) is 0. The number of hydrogen-bond donors (Lipinski definition) is 2. The predicted octanol–water partition coefficient (Wildman–Crippen LogP) is 6.07. The van der Waals surface area contributed by atoms with Gasteiger partial charge in [0.25, 0.3) is 0 Å². The molecule has 0 fully saturated rings. The molecule has 0 bridgehead atoms. The number of terminal acetylenes is 1. The largest absolute Gasteiger partial charge is 0.507 e. The Kier molecular flexibility index (Phi) is 7.22. The lowest BCUT2D eigenvalue weighted by molar-refractivity contribution is 0.477. The van der Waals surface area contributed by atoms with E-state index in [1.807, 2.05) is 75.4 Å². The summed E-state index contributed by atoms with van der Waals surface area (Å²) < 4.78 is 0. The summed E-state index contributed by atoms with van der Waals surface area (Å²) in [6.45, 7) is 5.95. The van der Waals surface area contributed by atoms with Crippen LogP contribution in [-0.4, -0.2) is 15.1 Å². The molecule has 2 aromatic carbocycles. The Labute approximate surface area is 161 Å². The molecular formula is C24H24N2O. The lowest BCUT2D eigenvalue weighted by Crippen LogP contribution is -1.86. The van der Waals surface area contributed by atoms with Crippen LogP contribution in [0.1, 0.15) is 26.5 Å². The number of H-pyrrole nitrogens is 1. The van der Waals surface area contributed by atoms with E-state index in [1.54, 1.807) is 18.2 Å². The number of aromatic hydroxyl groups is 1. The number of para-hydroxylation sites is 1. The second kappa shape index (κ2) is 9.84. The quantitative estimate of drug-likeness (QED) is 0.440. The molecule has 0 aliphatic rings. The second-order valence-electron chi connectivity index (χ2n) is 5.44. The van der Waals surface area contributed by atoms with E-state index in [0.29, 0.717) is 11.4 Å². The van der Waals surface area contributed by atoms with E-state index < -0.39 is 0 Å². The Morgan fingerprint density at radius 3 is 2.37 bits per heavy atom. The molecule has 2 N–H and O–H groups in total. The Morgan fingerprint density at radius 1 is 1.07 bits per heavy atom. The van der Waals surface area contributed by atoms with Crippen molar-refractivity contribution in [3.05, 3.63) is 78.5 Å². The van der Waals surface area contributed by atoms with Crippen LogP contribution < -0.4 is 0 Å². The van der Waals surface area contributed by atoms with E-state index in [2.05, 4.69) is 10.9 Å². The summed E-state index contributed by atoms with van der Waals surface area (Å²) in [6.07, 6.45) is 10.9. The summed E-state index contributed by atoms with van der Waals surface area (Å²) in [6, 6.07) is 17.1. The van der Waals surface area contributed by atoms with Crippen molar-refractivity contribution in [2.24, 2.45) is 0 Å². The number of imidazole rings is 1. The topological polar surface area (TPSA) is 48.9 Å². The van der Waals surface area contributed by atoms with Gasteiger partial charge in [0.05, 0.1) is 17.0 Å². The van der Waals surface area contributed by atoms with Gasteiger partial charge in [-0.3, -0.25) is 0 Å². The highest BCUT2D eigenvalue weighted by Crippen LogP contribution is 2.33. The van der Waals surface area contributed by atoms with Crippen molar-refractivity contribution in [3.63, 3.8) is 0 Å². The Bertz CT molecular complexity index is 973. The molecule has 0 spiro atoms. The Balaban J connectivity index is 0.00000126. The molecule has 3 aromatic rings. The van der Waals surface area contributed by atoms with Gasteiger partial charge in [-0.1, -0.05) is 68.3 Å². The smallest absolute Gasteiger partial charge is 0.142 e. The molecule has 0 radical (unpaired) electrons. The van der Waals surface area contributed by atoms with Crippen LogP contribution in [0.2, 0.25) is 0 Å². The average Bonchev–Trinajstić information content (AvgIpc) is 3.16. The molecule has 0 unspecified atom stereocenters. The number of phenolic OH excluding ortho intramolecular Hbond substituents is 1. The minimum absolute atomic E-state index is 0.184. The number of benzene rings is 2. The Morgan fingerprint density at radius 2 is 1.74 bits per heavy atom. The molecule has 1 aromatic heterocycles. The summed E-state index contributed by atoms with van der Waals surface area (Å²) in [5.41, 5.74) is 4.25. The van der Waals surface area contributed by atoms with Crippen LogP contribution in [0.15, 0.2) is 72.8 Å². The highest BCUT2D eigenvalue weighted by atomic mass is 16.3. The first-order valence-electron chi connectivity index (χ1n) is 8.97. The maximum atomic E-state index is 10.2. The van der Waals surface area contributed by atoms with Crippen molar-refractivity contribution in [2.45, 2.75) is 20.8 Å². The fraction of sp³-hybridized carbons (Fsp3) is 0.125. The lowest BCUT2D eigenvalue weighted by Gasteiger charge is -2.03. The van der Waals surface area contributed by atoms with Gasteiger partial charge in [0, 0.05) is 5.56 Å². The molecule has 3 nitrogen and oxygen atoms in total. The summed E-state index contributed by atoms with van der Waals surface area (Å²) in [5.74, 6) is 3.31. The van der Waals surface area contributed by atoms with Crippen molar-refractivity contribution in [1.82, 2.24) is 9.97 Å². The number of aromatic amines is 1. The molecule has 0 atom stereocenters. The summed E-state index contributed by atoms with van der Waals surface area (Å²) in [5, 5.41) is 10.2. The molecule has 0 saturated carbocycles. The summed E-state index contributed by atoms with van der Waals surface area (Å²) >= 11 is 0. The zero-order valence-corrected chi connectivity index (χ0v) is 15.9. The maximum absolute atomic E-state index is 10.2. The monoisotopic (exact) mass is 356 g/mol. The highest BCUT2D eigenvalue weighted by molar-refractivity contribution is 5.84. The third-order valence-electron chi connectivity index (χ3n) is 3.87. The standard InChI is InChI=1S/C22H18N2O.C2H6/c1-3-5-11-16(4-2)20-21(17-12-7-6-8-13-17)24-22(23-20)18-14-9-10-15-19(18)25;1-2/h1,4-15,25H,2H3,(H,23,24);1-2H3/b11-5-,16-4+;. The first-order chi connectivity index (χ1) is 13.2. The van der Waals surface area contributed by atoms with E-state index in [1.165, 1.54) is 0 Å². The molecule has 0 saturated heterocycles. The summed E-state index contributed by atoms with van der Waals surface area (Å²) in [4.78, 5) is 8.08. The van der Waals surface area contributed by atoms with Crippen LogP contribution in [0, 0.1) is 12.3 Å². The number of allylic oxidation sites excluding steroid dienone is 4. The normalized spacial score (nSPS) is 11.0. The third-order valence-corrected chi connectivity index (χ3v) is 3.87. The molecule has 27 heavy (non-hydrogen) atoms. The van der Waals surface area contributed by atoms with Crippen LogP contribution in [-0.2, 0) is 0 Å². The van der Waals surface area contributed by atoms with E-state index in [9.17, 15) is 5.11 Å². The van der Waals surface area contributed by atoms with E-state index in [-0.39, 0.29) is 5.75 Å². The van der Waals surface area contributed by atoms with Crippen molar-refractivity contribution >= 4 is 5.57 Å². The first-order valence-corrected chi connectivity index (χ1v) is 8.97. The number of hydrogen-bond acceptors (Lipinski definition) is 2. The molecule has 136 valence electrons. The van der Waals surface area contributed by atoms with Crippen molar-refractivity contribution < 1.29 is 5.11 Å².